The van der Waals surface area contributed by atoms with E-state index >= 15 is 0 Å². The fourth-order valence-corrected chi connectivity index (χ4v) is 6.77. The highest BCUT2D eigenvalue weighted by Crippen LogP contribution is 2.61. The monoisotopic (exact) mass is 498 g/mol. The van der Waals surface area contributed by atoms with E-state index < -0.39 is 40.6 Å². The summed E-state index contributed by atoms with van der Waals surface area (Å²) in [5.41, 5.74) is -0.0691. The highest BCUT2D eigenvalue weighted by Gasteiger charge is 2.58. The lowest BCUT2D eigenvalue weighted by Gasteiger charge is -2.55. The number of hydrogen-bond acceptors (Lipinski definition) is 8. The summed E-state index contributed by atoms with van der Waals surface area (Å²) >= 11 is 0. The molecule has 1 fully saturated rings. The number of allylic oxidation sites excluding steroid dienone is 3. The van der Waals surface area contributed by atoms with Gasteiger partial charge in [0.1, 0.15) is 6.10 Å². The Hall–Kier alpha value is -3.00. The van der Waals surface area contributed by atoms with Gasteiger partial charge in [-0.1, -0.05) is 40.3 Å². The molecule has 0 radical (unpaired) electrons. The van der Waals surface area contributed by atoms with E-state index in [0.717, 1.165) is 11.1 Å². The van der Waals surface area contributed by atoms with Gasteiger partial charge in [0.05, 0.1) is 13.5 Å². The number of ether oxygens (including phenoxy) is 4. The highest BCUT2D eigenvalue weighted by molar-refractivity contribution is 5.96. The van der Waals surface area contributed by atoms with Crippen molar-refractivity contribution in [2.75, 3.05) is 14.2 Å². The SMILES string of the molecule is C=C1C2=CC(=O)O[C@@H](C3=CC(=O)O[C@@H]3OC)[C@]2(C)CC[C@H]1[C@@]1(C)C=CC(=O)C(C)(C)[C@@H]1CC(=O)OC. The van der Waals surface area contributed by atoms with E-state index in [-0.39, 0.29) is 30.0 Å². The molecule has 0 amide bonds. The predicted octanol–water partition coefficient (Wildman–Crippen LogP) is 3.62. The average Bonchev–Trinajstić information content (AvgIpc) is 3.20. The molecular formula is C28H34O8. The molecule has 8 heteroatoms. The molecule has 6 atom stereocenters. The Morgan fingerprint density at radius 3 is 2.39 bits per heavy atom. The van der Waals surface area contributed by atoms with Crippen LogP contribution in [0.25, 0.3) is 0 Å². The summed E-state index contributed by atoms with van der Waals surface area (Å²) in [4.78, 5) is 50.0. The molecule has 1 saturated carbocycles. The quantitative estimate of drug-likeness (QED) is 0.418. The Bertz CT molecular complexity index is 1120. The molecule has 4 aliphatic rings. The Kier molecular flexibility index (Phi) is 6.40. The molecule has 0 aromatic heterocycles. The highest BCUT2D eigenvalue weighted by atomic mass is 16.7. The molecule has 2 aliphatic carbocycles. The lowest BCUT2D eigenvalue weighted by atomic mass is 9.48. The fraction of sp³-hybridized carbons (Fsp3) is 0.571. The minimum Gasteiger partial charge on any atom is -0.469 e. The van der Waals surface area contributed by atoms with Crippen LogP contribution < -0.4 is 0 Å². The van der Waals surface area contributed by atoms with Crippen LogP contribution in [0.15, 0.2) is 47.6 Å². The molecule has 0 saturated heterocycles. The molecule has 2 aliphatic heterocycles. The van der Waals surface area contributed by atoms with Gasteiger partial charge < -0.3 is 18.9 Å². The van der Waals surface area contributed by atoms with E-state index in [2.05, 4.69) is 13.5 Å². The molecule has 194 valence electrons. The maximum atomic E-state index is 12.9. The molecule has 0 aromatic rings. The molecule has 36 heavy (non-hydrogen) atoms. The minimum atomic E-state index is -0.924. The van der Waals surface area contributed by atoms with Gasteiger partial charge in [0, 0.05) is 35.7 Å². The van der Waals surface area contributed by atoms with Gasteiger partial charge in [0.2, 0.25) is 6.29 Å². The number of hydrogen-bond donors (Lipinski definition) is 0. The number of ketones is 1. The zero-order valence-electron chi connectivity index (χ0n) is 21.7. The fourth-order valence-electron chi connectivity index (χ4n) is 6.77. The molecule has 0 aromatic carbocycles. The number of methoxy groups -OCH3 is 2. The number of carbonyl (C=O) groups is 4. The Morgan fingerprint density at radius 1 is 1.08 bits per heavy atom. The van der Waals surface area contributed by atoms with Crippen LogP contribution in [0.2, 0.25) is 0 Å². The van der Waals surface area contributed by atoms with E-state index in [0.29, 0.717) is 18.4 Å². The zero-order chi connectivity index (χ0) is 26.6. The average molecular weight is 499 g/mol. The van der Waals surface area contributed by atoms with Crippen molar-refractivity contribution in [1.29, 1.82) is 0 Å². The van der Waals surface area contributed by atoms with Gasteiger partial charge in [-0.15, -0.1) is 0 Å². The van der Waals surface area contributed by atoms with E-state index in [9.17, 15) is 19.2 Å². The van der Waals surface area contributed by atoms with Crippen LogP contribution in [0.5, 0.6) is 0 Å². The molecule has 8 nitrogen and oxygen atoms in total. The third-order valence-electron chi connectivity index (χ3n) is 8.91. The van der Waals surface area contributed by atoms with Crippen LogP contribution in [0, 0.1) is 28.1 Å². The first-order chi connectivity index (χ1) is 16.8. The number of fused-ring (bicyclic) bond motifs is 1. The second-order valence-corrected chi connectivity index (χ2v) is 11.2. The number of esters is 3. The number of carbonyl (C=O) groups excluding carboxylic acids is 4. The maximum Gasteiger partial charge on any atom is 0.333 e. The molecule has 0 spiro atoms. The van der Waals surface area contributed by atoms with Crippen molar-refractivity contribution in [2.45, 2.75) is 59.4 Å². The third-order valence-corrected chi connectivity index (χ3v) is 8.91. The molecule has 2 heterocycles. The van der Waals surface area contributed by atoms with Gasteiger partial charge in [0.15, 0.2) is 5.78 Å². The van der Waals surface area contributed by atoms with E-state index in [1.54, 1.807) is 6.08 Å². The molecule has 4 rings (SSSR count). The topological polar surface area (TPSA) is 105 Å². The normalized spacial score (nSPS) is 37.5. The van der Waals surface area contributed by atoms with E-state index in [4.69, 9.17) is 18.9 Å². The number of rotatable bonds is 5. The van der Waals surface area contributed by atoms with Crippen LogP contribution in [0.1, 0.15) is 47.0 Å². The van der Waals surface area contributed by atoms with Gasteiger partial charge in [-0.05, 0) is 47.3 Å². The van der Waals surface area contributed by atoms with E-state index in [1.807, 2.05) is 26.8 Å². The zero-order valence-corrected chi connectivity index (χ0v) is 21.7. The lowest BCUT2D eigenvalue weighted by Crippen LogP contribution is -2.53. The summed E-state index contributed by atoms with van der Waals surface area (Å²) in [5.74, 6) is -1.97. The second kappa shape index (κ2) is 8.83. The second-order valence-electron chi connectivity index (χ2n) is 11.2. The van der Waals surface area contributed by atoms with Gasteiger partial charge in [0.25, 0.3) is 0 Å². The summed E-state index contributed by atoms with van der Waals surface area (Å²) in [6, 6.07) is 0. The first-order valence-corrected chi connectivity index (χ1v) is 12.2. The van der Waals surface area contributed by atoms with Crippen molar-refractivity contribution in [3.63, 3.8) is 0 Å². The van der Waals surface area contributed by atoms with Crippen LogP contribution >= 0.6 is 0 Å². The summed E-state index contributed by atoms with van der Waals surface area (Å²) in [6.07, 6.45) is 6.02. The van der Waals surface area contributed by atoms with Crippen LogP contribution in [0.3, 0.4) is 0 Å². The Morgan fingerprint density at radius 2 is 1.75 bits per heavy atom. The molecule has 0 bridgehead atoms. The minimum absolute atomic E-state index is 0.0379. The predicted molar refractivity (Wildman–Crippen MR) is 129 cm³/mol. The van der Waals surface area contributed by atoms with Gasteiger partial charge >= 0.3 is 17.9 Å². The van der Waals surface area contributed by atoms with Crippen LogP contribution in [-0.4, -0.2) is 50.3 Å². The Labute approximate surface area is 211 Å². The summed E-state index contributed by atoms with van der Waals surface area (Å²) < 4.78 is 21.3. The number of cyclic esters (lactones) is 2. The van der Waals surface area contributed by atoms with E-state index in [1.165, 1.54) is 26.4 Å². The summed E-state index contributed by atoms with van der Waals surface area (Å²) in [5, 5.41) is 0. The molecule has 0 unspecified atom stereocenters. The maximum absolute atomic E-state index is 12.9. The lowest BCUT2D eigenvalue weighted by molar-refractivity contribution is -0.161. The van der Waals surface area contributed by atoms with Gasteiger partial charge in [-0.25, -0.2) is 9.59 Å². The first kappa shape index (κ1) is 26.1. The largest absolute Gasteiger partial charge is 0.469 e. The van der Waals surface area contributed by atoms with Crippen molar-refractivity contribution in [2.24, 2.45) is 28.1 Å². The standard InChI is InChI=1S/C28H34O8/c1-15-17(27(4)11-9-20(29)26(2,3)19(27)14-21(30)33-6)8-10-28(5)18(15)13-23(32)35-24(28)16-12-22(31)36-25(16)34-7/h9,11-13,17,19,24-25H,1,8,10,14H2,2-7H3/t17-,19+,24+,25+,27-,28-/m1/s1. The van der Waals surface area contributed by atoms with Crippen molar-refractivity contribution in [3.05, 3.63) is 47.6 Å². The molecular weight excluding hydrogens is 464 g/mol. The van der Waals surface area contributed by atoms with Gasteiger partial charge in [-0.2, -0.15) is 0 Å². The first-order valence-electron chi connectivity index (χ1n) is 12.2. The van der Waals surface area contributed by atoms with Crippen LogP contribution in [0.4, 0.5) is 0 Å². The summed E-state index contributed by atoms with van der Waals surface area (Å²) in [7, 11) is 2.77. The van der Waals surface area contributed by atoms with Crippen molar-refractivity contribution < 1.29 is 38.1 Å². The van der Waals surface area contributed by atoms with Crippen molar-refractivity contribution in [1.82, 2.24) is 0 Å². The molecule has 0 N–H and O–H groups in total. The Balaban J connectivity index is 1.75. The third kappa shape index (κ3) is 3.86. The van der Waals surface area contributed by atoms with Crippen LogP contribution in [-0.2, 0) is 38.1 Å². The van der Waals surface area contributed by atoms with Gasteiger partial charge in [-0.3, -0.25) is 9.59 Å². The summed E-state index contributed by atoms with van der Waals surface area (Å²) in [6.45, 7) is 12.2. The van der Waals surface area contributed by atoms with Crippen molar-refractivity contribution >= 4 is 23.7 Å². The smallest absolute Gasteiger partial charge is 0.333 e. The van der Waals surface area contributed by atoms with Crippen molar-refractivity contribution in [3.8, 4) is 0 Å².